The van der Waals surface area contributed by atoms with Crippen molar-refractivity contribution < 1.29 is 4.79 Å². The van der Waals surface area contributed by atoms with Gasteiger partial charge in [-0.3, -0.25) is 4.79 Å². The van der Waals surface area contributed by atoms with Crippen LogP contribution in [0.5, 0.6) is 0 Å². The lowest BCUT2D eigenvalue weighted by atomic mass is 10.0. The molecule has 1 aromatic carbocycles. The van der Waals surface area contributed by atoms with Gasteiger partial charge < -0.3 is 0 Å². The van der Waals surface area contributed by atoms with Crippen molar-refractivity contribution in [2.45, 2.75) is 27.2 Å². The summed E-state index contributed by atoms with van der Waals surface area (Å²) in [4.78, 5) is 10.7. The van der Waals surface area contributed by atoms with E-state index in [-0.39, 0.29) is 5.78 Å². The maximum Gasteiger partial charge on any atom is 0.152 e. The van der Waals surface area contributed by atoms with Crippen LogP contribution in [0.25, 0.3) is 6.08 Å². The third-order valence-corrected chi connectivity index (χ3v) is 2.13. The Kier molecular flexibility index (Phi) is 4.29. The lowest BCUT2D eigenvalue weighted by Crippen LogP contribution is -1.93. The molecule has 15 heavy (non-hydrogen) atoms. The van der Waals surface area contributed by atoms with Gasteiger partial charge in [0.15, 0.2) is 5.78 Å². The second kappa shape index (κ2) is 5.50. The highest BCUT2D eigenvalue weighted by molar-refractivity contribution is 5.91. The van der Waals surface area contributed by atoms with Gasteiger partial charge in [-0.05, 0) is 36.5 Å². The molecule has 0 aromatic heterocycles. The zero-order chi connectivity index (χ0) is 11.3. The van der Waals surface area contributed by atoms with Crippen LogP contribution in [0, 0.1) is 5.92 Å². The standard InChI is InChI=1S/C14H18O/c1-11(2)10-14-8-6-13(7-9-14)5-4-12(3)15/h4-9,11H,10H2,1-3H3/b5-4+. The lowest BCUT2D eigenvalue weighted by molar-refractivity contribution is -0.112. The van der Waals surface area contributed by atoms with Crippen molar-refractivity contribution in [2.24, 2.45) is 5.92 Å². The summed E-state index contributed by atoms with van der Waals surface area (Å²) in [7, 11) is 0. The quantitative estimate of drug-likeness (QED) is 0.683. The summed E-state index contributed by atoms with van der Waals surface area (Å²) >= 11 is 0. The molecule has 0 aliphatic rings. The van der Waals surface area contributed by atoms with Gasteiger partial charge in [0, 0.05) is 0 Å². The summed E-state index contributed by atoms with van der Waals surface area (Å²) < 4.78 is 0. The molecule has 0 N–H and O–H groups in total. The van der Waals surface area contributed by atoms with E-state index in [9.17, 15) is 4.79 Å². The first kappa shape index (κ1) is 11.7. The van der Waals surface area contributed by atoms with Crippen molar-refractivity contribution in [2.75, 3.05) is 0 Å². The third kappa shape index (κ3) is 4.59. The predicted molar refractivity (Wildman–Crippen MR) is 64.7 cm³/mol. The van der Waals surface area contributed by atoms with Gasteiger partial charge in [0.25, 0.3) is 0 Å². The fourth-order valence-corrected chi connectivity index (χ4v) is 1.45. The third-order valence-electron chi connectivity index (χ3n) is 2.13. The summed E-state index contributed by atoms with van der Waals surface area (Å²) in [6, 6.07) is 8.36. The summed E-state index contributed by atoms with van der Waals surface area (Å²) in [5.74, 6) is 0.768. The van der Waals surface area contributed by atoms with Crippen LogP contribution < -0.4 is 0 Å². The topological polar surface area (TPSA) is 17.1 Å². The van der Waals surface area contributed by atoms with E-state index < -0.39 is 0 Å². The van der Waals surface area contributed by atoms with E-state index in [2.05, 4.69) is 38.1 Å². The van der Waals surface area contributed by atoms with Crippen molar-refractivity contribution >= 4 is 11.9 Å². The van der Waals surface area contributed by atoms with Gasteiger partial charge in [0.05, 0.1) is 0 Å². The molecule has 1 aromatic rings. The van der Waals surface area contributed by atoms with Gasteiger partial charge >= 0.3 is 0 Å². The fourth-order valence-electron chi connectivity index (χ4n) is 1.45. The molecule has 0 unspecified atom stereocenters. The maximum absolute atomic E-state index is 10.7. The van der Waals surface area contributed by atoms with Crippen LogP contribution in [0.15, 0.2) is 30.3 Å². The molecule has 0 heterocycles. The Morgan fingerprint density at radius 3 is 2.33 bits per heavy atom. The molecule has 0 spiro atoms. The first-order valence-corrected chi connectivity index (χ1v) is 5.35. The highest BCUT2D eigenvalue weighted by Crippen LogP contribution is 2.10. The molecule has 1 heteroatoms. The molecule has 0 radical (unpaired) electrons. The first-order chi connectivity index (χ1) is 7.08. The lowest BCUT2D eigenvalue weighted by Gasteiger charge is -2.04. The molecular formula is C14H18O. The van der Waals surface area contributed by atoms with Crippen molar-refractivity contribution in [3.63, 3.8) is 0 Å². The van der Waals surface area contributed by atoms with E-state index in [4.69, 9.17) is 0 Å². The molecular weight excluding hydrogens is 184 g/mol. The van der Waals surface area contributed by atoms with Gasteiger partial charge in [-0.1, -0.05) is 44.2 Å². The van der Waals surface area contributed by atoms with E-state index in [0.717, 1.165) is 12.0 Å². The number of carbonyl (C=O) groups is 1. The van der Waals surface area contributed by atoms with Gasteiger partial charge in [-0.25, -0.2) is 0 Å². The number of rotatable bonds is 4. The minimum atomic E-state index is 0.0845. The van der Waals surface area contributed by atoms with E-state index in [1.807, 2.05) is 6.08 Å². The minimum Gasteiger partial charge on any atom is -0.295 e. The molecule has 0 aliphatic heterocycles. The second-order valence-electron chi connectivity index (χ2n) is 4.28. The summed E-state index contributed by atoms with van der Waals surface area (Å²) in [5.41, 5.74) is 2.43. The van der Waals surface area contributed by atoms with Crippen LogP contribution in [0.3, 0.4) is 0 Å². The number of ketones is 1. The molecule has 0 saturated carbocycles. The largest absolute Gasteiger partial charge is 0.295 e. The Bertz CT molecular complexity index is 344. The molecule has 0 amide bonds. The number of hydrogen-bond donors (Lipinski definition) is 0. The van der Waals surface area contributed by atoms with Crippen molar-refractivity contribution in [3.05, 3.63) is 41.5 Å². The molecule has 0 fully saturated rings. The van der Waals surface area contributed by atoms with Gasteiger partial charge in [-0.2, -0.15) is 0 Å². The second-order valence-corrected chi connectivity index (χ2v) is 4.28. The van der Waals surface area contributed by atoms with Gasteiger partial charge in [-0.15, -0.1) is 0 Å². The SMILES string of the molecule is CC(=O)/C=C/c1ccc(CC(C)C)cc1. The molecule has 1 rings (SSSR count). The zero-order valence-electron chi connectivity index (χ0n) is 9.66. The average Bonchev–Trinajstić information content (AvgIpc) is 2.16. The maximum atomic E-state index is 10.7. The Morgan fingerprint density at radius 2 is 1.87 bits per heavy atom. The normalized spacial score (nSPS) is 11.2. The van der Waals surface area contributed by atoms with Crippen molar-refractivity contribution in [3.8, 4) is 0 Å². The first-order valence-electron chi connectivity index (χ1n) is 5.35. The average molecular weight is 202 g/mol. The highest BCUT2D eigenvalue weighted by Gasteiger charge is 1.96. The fraction of sp³-hybridized carbons (Fsp3) is 0.357. The van der Waals surface area contributed by atoms with Crippen molar-refractivity contribution in [1.29, 1.82) is 0 Å². The van der Waals surface area contributed by atoms with E-state index >= 15 is 0 Å². The Balaban J connectivity index is 2.68. The van der Waals surface area contributed by atoms with Gasteiger partial charge in [0.2, 0.25) is 0 Å². The molecule has 0 aliphatic carbocycles. The van der Waals surface area contributed by atoms with Crippen LogP contribution in [-0.2, 0) is 11.2 Å². The molecule has 0 saturated heterocycles. The zero-order valence-corrected chi connectivity index (χ0v) is 9.66. The van der Waals surface area contributed by atoms with Crippen LogP contribution in [0.1, 0.15) is 31.9 Å². The number of hydrogen-bond acceptors (Lipinski definition) is 1. The number of allylic oxidation sites excluding steroid dienone is 1. The molecule has 0 bridgehead atoms. The number of carbonyl (C=O) groups excluding carboxylic acids is 1. The smallest absolute Gasteiger partial charge is 0.152 e. The molecule has 1 nitrogen and oxygen atoms in total. The summed E-state index contributed by atoms with van der Waals surface area (Å²) in [6.45, 7) is 5.98. The Morgan fingerprint density at radius 1 is 1.27 bits per heavy atom. The van der Waals surface area contributed by atoms with Crippen molar-refractivity contribution in [1.82, 2.24) is 0 Å². The number of benzene rings is 1. The van der Waals surface area contributed by atoms with E-state index in [0.29, 0.717) is 5.92 Å². The van der Waals surface area contributed by atoms with Gasteiger partial charge in [0.1, 0.15) is 0 Å². The van der Waals surface area contributed by atoms with Crippen LogP contribution in [0.2, 0.25) is 0 Å². The monoisotopic (exact) mass is 202 g/mol. The van der Waals surface area contributed by atoms with Crippen LogP contribution in [0.4, 0.5) is 0 Å². The van der Waals surface area contributed by atoms with E-state index in [1.54, 1.807) is 13.0 Å². The summed E-state index contributed by atoms with van der Waals surface area (Å²) in [6.07, 6.45) is 4.55. The van der Waals surface area contributed by atoms with Crippen LogP contribution in [-0.4, -0.2) is 5.78 Å². The highest BCUT2D eigenvalue weighted by atomic mass is 16.1. The Labute approximate surface area is 91.8 Å². The molecule has 80 valence electrons. The molecule has 0 atom stereocenters. The summed E-state index contributed by atoms with van der Waals surface area (Å²) in [5, 5.41) is 0. The Hall–Kier alpha value is -1.37. The predicted octanol–water partition coefficient (Wildman–Crippen LogP) is 3.49. The van der Waals surface area contributed by atoms with E-state index in [1.165, 1.54) is 5.56 Å². The van der Waals surface area contributed by atoms with Crippen LogP contribution >= 0.6 is 0 Å². The minimum absolute atomic E-state index is 0.0845.